The van der Waals surface area contributed by atoms with E-state index in [1.165, 1.54) is 0 Å². The van der Waals surface area contributed by atoms with Gasteiger partial charge in [-0.1, -0.05) is 13.8 Å². The Bertz CT molecular complexity index is 696. The van der Waals surface area contributed by atoms with Crippen molar-refractivity contribution in [1.82, 2.24) is 10.3 Å². The van der Waals surface area contributed by atoms with Gasteiger partial charge >= 0.3 is 0 Å². The number of aromatic nitrogens is 1. The molecule has 26 heavy (non-hydrogen) atoms. The number of benzene rings is 1. The van der Waals surface area contributed by atoms with Gasteiger partial charge in [0.25, 0.3) is 0 Å². The van der Waals surface area contributed by atoms with Gasteiger partial charge in [-0.05, 0) is 43.0 Å². The Kier molecular flexibility index (Phi) is 7.78. The Hall–Kier alpha value is -2.21. The van der Waals surface area contributed by atoms with Crippen LogP contribution in [0.25, 0.3) is 0 Å². The molecule has 1 heterocycles. The highest BCUT2D eigenvalue weighted by atomic mass is 32.1. The Balaban J connectivity index is 1.80. The highest BCUT2D eigenvalue weighted by molar-refractivity contribution is 7.09. The molecule has 0 saturated heterocycles. The zero-order valence-electron chi connectivity index (χ0n) is 15.5. The minimum Gasteiger partial charge on any atom is -0.497 e. The smallest absolute Gasteiger partial charge is 0.220 e. The molecule has 5 nitrogen and oxygen atoms in total. The SMILES string of the molecule is COc1ccc(C(=O)CCCC(=O)NC(CC(C)C)c2nccs2)cc1. The first-order valence-electron chi connectivity index (χ1n) is 8.85. The predicted molar refractivity (Wildman–Crippen MR) is 104 cm³/mol. The standard InChI is InChI=1S/C20H26N2O3S/c1-14(2)13-17(20-21-11-12-26-20)22-19(24)6-4-5-18(23)15-7-9-16(25-3)10-8-15/h7-12,14,17H,4-6,13H2,1-3H3,(H,22,24). The van der Waals surface area contributed by atoms with Crippen molar-refractivity contribution < 1.29 is 14.3 Å². The lowest BCUT2D eigenvalue weighted by molar-refractivity contribution is -0.122. The van der Waals surface area contributed by atoms with Crippen LogP contribution in [0.2, 0.25) is 0 Å². The van der Waals surface area contributed by atoms with Gasteiger partial charge in [-0.2, -0.15) is 0 Å². The van der Waals surface area contributed by atoms with Crippen LogP contribution in [0.4, 0.5) is 0 Å². The minimum atomic E-state index is -0.0558. The number of nitrogens with one attached hydrogen (secondary N) is 1. The van der Waals surface area contributed by atoms with Crippen molar-refractivity contribution in [3.05, 3.63) is 46.4 Å². The van der Waals surface area contributed by atoms with Crippen LogP contribution in [0, 0.1) is 5.92 Å². The van der Waals surface area contributed by atoms with Crippen molar-refractivity contribution >= 4 is 23.0 Å². The number of nitrogens with zero attached hydrogens (tertiary/aromatic N) is 1. The van der Waals surface area contributed by atoms with Gasteiger partial charge in [0.1, 0.15) is 10.8 Å². The number of rotatable bonds is 10. The van der Waals surface area contributed by atoms with E-state index in [1.54, 1.807) is 48.9 Å². The quantitative estimate of drug-likeness (QED) is 0.626. The molecule has 1 N–H and O–H groups in total. The number of hydrogen-bond donors (Lipinski definition) is 1. The molecule has 0 fully saturated rings. The fourth-order valence-electron chi connectivity index (χ4n) is 2.70. The first-order chi connectivity index (χ1) is 12.5. The Morgan fingerprint density at radius 1 is 1.19 bits per heavy atom. The highest BCUT2D eigenvalue weighted by Crippen LogP contribution is 2.23. The molecule has 0 spiro atoms. The first kappa shape index (κ1) is 20.1. The molecule has 2 aromatic rings. The van der Waals surface area contributed by atoms with Crippen molar-refractivity contribution in [2.75, 3.05) is 7.11 Å². The number of methoxy groups -OCH3 is 1. The van der Waals surface area contributed by atoms with E-state index in [9.17, 15) is 9.59 Å². The molecule has 1 aromatic carbocycles. The van der Waals surface area contributed by atoms with Crippen molar-refractivity contribution in [2.45, 2.75) is 45.6 Å². The number of Topliss-reactive ketones (excluding diaryl/α,β-unsaturated/α-hetero) is 1. The van der Waals surface area contributed by atoms with Gasteiger partial charge in [0.05, 0.1) is 13.2 Å². The number of amides is 1. The maximum absolute atomic E-state index is 12.3. The lowest BCUT2D eigenvalue weighted by Crippen LogP contribution is -2.29. The van der Waals surface area contributed by atoms with Gasteiger partial charge in [0.15, 0.2) is 5.78 Å². The van der Waals surface area contributed by atoms with Crippen molar-refractivity contribution in [1.29, 1.82) is 0 Å². The number of ether oxygens (including phenoxy) is 1. The summed E-state index contributed by atoms with van der Waals surface area (Å²) in [4.78, 5) is 28.8. The number of carbonyl (C=O) groups excluding carboxylic acids is 2. The molecule has 6 heteroatoms. The third kappa shape index (κ3) is 6.26. The summed E-state index contributed by atoms with van der Waals surface area (Å²) in [6.07, 6.45) is 3.83. The van der Waals surface area contributed by atoms with Gasteiger partial charge < -0.3 is 10.1 Å². The molecular weight excluding hydrogens is 348 g/mol. The van der Waals surface area contributed by atoms with E-state index in [1.807, 2.05) is 5.38 Å². The van der Waals surface area contributed by atoms with Crippen LogP contribution in [0.3, 0.4) is 0 Å². The summed E-state index contributed by atoms with van der Waals surface area (Å²) < 4.78 is 5.09. The third-order valence-corrected chi connectivity index (χ3v) is 4.90. The van der Waals surface area contributed by atoms with Gasteiger partial charge in [-0.25, -0.2) is 4.98 Å². The summed E-state index contributed by atoms with van der Waals surface area (Å²) in [5.41, 5.74) is 0.645. The molecular formula is C20H26N2O3S. The Morgan fingerprint density at radius 3 is 2.50 bits per heavy atom. The molecule has 0 radical (unpaired) electrons. The van der Waals surface area contributed by atoms with Crippen LogP contribution in [0.1, 0.15) is 60.9 Å². The van der Waals surface area contributed by atoms with E-state index in [0.717, 1.165) is 17.2 Å². The monoisotopic (exact) mass is 374 g/mol. The van der Waals surface area contributed by atoms with Gasteiger partial charge in [-0.3, -0.25) is 9.59 Å². The lowest BCUT2D eigenvalue weighted by atomic mass is 10.0. The number of carbonyl (C=O) groups is 2. The molecule has 140 valence electrons. The van der Waals surface area contributed by atoms with Crippen LogP contribution in [-0.4, -0.2) is 23.8 Å². The average Bonchev–Trinajstić information content (AvgIpc) is 3.15. The molecule has 2 rings (SSSR count). The van der Waals surface area contributed by atoms with Crippen molar-refractivity contribution in [3.63, 3.8) is 0 Å². The molecule has 0 aliphatic carbocycles. The number of thiazole rings is 1. The molecule has 1 atom stereocenters. The molecule has 0 bridgehead atoms. The molecule has 1 amide bonds. The van der Waals surface area contributed by atoms with Gasteiger partial charge in [0, 0.05) is 30.0 Å². The summed E-state index contributed by atoms with van der Waals surface area (Å²) in [7, 11) is 1.59. The van der Waals surface area contributed by atoms with Gasteiger partial charge in [0.2, 0.25) is 5.91 Å². The second kappa shape index (κ2) is 10.1. The summed E-state index contributed by atoms with van der Waals surface area (Å²) in [5.74, 6) is 1.19. The molecule has 0 saturated carbocycles. The zero-order valence-corrected chi connectivity index (χ0v) is 16.3. The molecule has 1 aromatic heterocycles. The Morgan fingerprint density at radius 2 is 1.92 bits per heavy atom. The van der Waals surface area contributed by atoms with E-state index in [0.29, 0.717) is 30.7 Å². The summed E-state index contributed by atoms with van der Waals surface area (Å²) in [6, 6.07) is 6.99. The van der Waals surface area contributed by atoms with Crippen molar-refractivity contribution in [3.8, 4) is 5.75 Å². The average molecular weight is 375 g/mol. The second-order valence-electron chi connectivity index (χ2n) is 6.63. The van der Waals surface area contributed by atoms with Crippen molar-refractivity contribution in [2.24, 2.45) is 5.92 Å². The van der Waals surface area contributed by atoms with E-state index in [4.69, 9.17) is 4.74 Å². The zero-order chi connectivity index (χ0) is 18.9. The minimum absolute atomic E-state index is 0.0339. The molecule has 0 aliphatic rings. The van der Waals surface area contributed by atoms with E-state index in [-0.39, 0.29) is 17.7 Å². The first-order valence-corrected chi connectivity index (χ1v) is 9.73. The van der Waals surface area contributed by atoms with Gasteiger partial charge in [-0.15, -0.1) is 11.3 Å². The topological polar surface area (TPSA) is 68.3 Å². The lowest BCUT2D eigenvalue weighted by Gasteiger charge is -2.18. The number of ketones is 1. The normalized spacial score (nSPS) is 12.0. The van der Waals surface area contributed by atoms with Crippen LogP contribution in [0.5, 0.6) is 5.75 Å². The highest BCUT2D eigenvalue weighted by Gasteiger charge is 2.18. The summed E-state index contributed by atoms with van der Waals surface area (Å²) >= 11 is 1.55. The van der Waals surface area contributed by atoms with Crippen LogP contribution in [0.15, 0.2) is 35.8 Å². The molecule has 0 aliphatic heterocycles. The maximum Gasteiger partial charge on any atom is 0.220 e. The van der Waals surface area contributed by atoms with E-state index in [2.05, 4.69) is 24.1 Å². The van der Waals surface area contributed by atoms with Crippen LogP contribution in [-0.2, 0) is 4.79 Å². The Labute approximate surface area is 158 Å². The maximum atomic E-state index is 12.3. The predicted octanol–water partition coefficient (Wildman–Crippen LogP) is 4.41. The summed E-state index contributed by atoms with van der Waals surface area (Å²) in [6.45, 7) is 4.25. The van der Waals surface area contributed by atoms with E-state index >= 15 is 0 Å². The fourth-order valence-corrected chi connectivity index (χ4v) is 3.40. The van der Waals surface area contributed by atoms with Crippen LogP contribution >= 0.6 is 11.3 Å². The summed E-state index contributed by atoms with van der Waals surface area (Å²) in [5, 5.41) is 5.91. The van der Waals surface area contributed by atoms with E-state index < -0.39 is 0 Å². The third-order valence-electron chi connectivity index (χ3n) is 4.01. The number of hydrogen-bond acceptors (Lipinski definition) is 5. The van der Waals surface area contributed by atoms with Crippen LogP contribution < -0.4 is 10.1 Å². The second-order valence-corrected chi connectivity index (χ2v) is 7.55. The largest absolute Gasteiger partial charge is 0.497 e. The fraction of sp³-hybridized carbons (Fsp3) is 0.450. The molecule has 1 unspecified atom stereocenters.